The third-order valence-corrected chi connectivity index (χ3v) is 4.10. The van der Waals surface area contributed by atoms with Crippen molar-refractivity contribution in [1.29, 1.82) is 0 Å². The van der Waals surface area contributed by atoms with E-state index >= 15 is 0 Å². The first-order valence-electron chi connectivity index (χ1n) is 6.05. The Morgan fingerprint density at radius 3 is 2.82 bits per heavy atom. The van der Waals surface area contributed by atoms with E-state index in [-0.39, 0.29) is 0 Å². The molecule has 1 aromatic heterocycles. The molecule has 0 saturated heterocycles. The van der Waals surface area contributed by atoms with E-state index in [1.807, 2.05) is 12.1 Å². The summed E-state index contributed by atoms with van der Waals surface area (Å²) < 4.78 is 6.55. The molecule has 1 amide bonds. The molecule has 0 atom stereocenters. The summed E-state index contributed by atoms with van der Waals surface area (Å²) in [6.07, 6.45) is -1.18. The summed E-state index contributed by atoms with van der Waals surface area (Å²) in [6.45, 7) is 0. The fraction of sp³-hybridized carbons (Fsp3) is 0. The zero-order valence-corrected chi connectivity index (χ0v) is 13.2. The van der Waals surface area contributed by atoms with Crippen molar-refractivity contribution in [3.63, 3.8) is 0 Å². The maximum Gasteiger partial charge on any atom is 0.409 e. The lowest BCUT2D eigenvalue weighted by molar-refractivity contribution is 0.210. The number of thiazole rings is 1. The highest BCUT2D eigenvalue weighted by Gasteiger charge is 2.10. The first-order chi connectivity index (χ1) is 10.5. The van der Waals surface area contributed by atoms with Gasteiger partial charge < -0.3 is 9.84 Å². The van der Waals surface area contributed by atoms with Gasteiger partial charge in [0.15, 0.2) is 0 Å². The number of ether oxygens (including phenoxy) is 1. The van der Waals surface area contributed by atoms with Gasteiger partial charge in [-0.15, -0.1) is 0 Å². The number of hydrogen-bond acceptors (Lipinski definition) is 4. The van der Waals surface area contributed by atoms with Crippen LogP contribution in [0.2, 0.25) is 10.0 Å². The smallest absolute Gasteiger partial charge is 0.409 e. The summed E-state index contributed by atoms with van der Waals surface area (Å²) >= 11 is 13.4. The molecule has 8 heteroatoms. The molecular weight excluding hydrogens is 347 g/mol. The number of aromatic nitrogens is 1. The van der Waals surface area contributed by atoms with Crippen molar-refractivity contribution in [2.45, 2.75) is 0 Å². The van der Waals surface area contributed by atoms with Gasteiger partial charge in [-0.3, -0.25) is 5.32 Å². The minimum absolute atomic E-state index is 0.314. The van der Waals surface area contributed by atoms with Crippen LogP contribution in [0.4, 0.5) is 10.5 Å². The minimum atomic E-state index is -1.18. The lowest BCUT2D eigenvalue weighted by Gasteiger charge is -2.06. The molecule has 0 fully saturated rings. The molecule has 0 aliphatic carbocycles. The van der Waals surface area contributed by atoms with Crippen LogP contribution in [0, 0.1) is 0 Å². The Morgan fingerprint density at radius 2 is 2.09 bits per heavy atom. The summed E-state index contributed by atoms with van der Waals surface area (Å²) in [5, 5.41) is 12.3. The monoisotopic (exact) mass is 354 g/mol. The highest BCUT2D eigenvalue weighted by Crippen LogP contribution is 2.35. The Hall–Kier alpha value is -2.02. The number of nitrogens with one attached hydrogen (secondary N) is 1. The second-order valence-corrected chi connectivity index (χ2v) is 6.11. The second-order valence-electron chi connectivity index (χ2n) is 4.27. The van der Waals surface area contributed by atoms with Crippen LogP contribution < -0.4 is 10.1 Å². The van der Waals surface area contributed by atoms with Crippen molar-refractivity contribution in [2.24, 2.45) is 0 Å². The molecule has 0 spiro atoms. The molecular formula is C14H8Cl2N2O3S. The zero-order chi connectivity index (χ0) is 15.7. The Morgan fingerprint density at radius 1 is 1.27 bits per heavy atom. The lowest BCUT2D eigenvalue weighted by atomic mass is 10.3. The van der Waals surface area contributed by atoms with Gasteiger partial charge in [-0.25, -0.2) is 9.78 Å². The van der Waals surface area contributed by atoms with Crippen LogP contribution in [0.3, 0.4) is 0 Å². The van der Waals surface area contributed by atoms with Gasteiger partial charge in [-0.2, -0.15) is 0 Å². The number of fused-ring (bicyclic) bond motifs is 1. The maximum atomic E-state index is 10.7. The highest BCUT2D eigenvalue weighted by molar-refractivity contribution is 7.20. The molecule has 0 bridgehead atoms. The van der Waals surface area contributed by atoms with E-state index in [0.29, 0.717) is 32.2 Å². The zero-order valence-electron chi connectivity index (χ0n) is 10.8. The topological polar surface area (TPSA) is 71.5 Å². The standard InChI is InChI=1S/C14H8Cl2N2O3S/c15-7-4-8(17-13(19)20)6-9(5-7)21-14-18-12-10(16)2-1-3-11(12)22-14/h1-6,17H,(H,19,20). The molecule has 22 heavy (non-hydrogen) atoms. The predicted molar refractivity (Wildman–Crippen MR) is 87.8 cm³/mol. The summed E-state index contributed by atoms with van der Waals surface area (Å²) in [5.41, 5.74) is 0.976. The molecule has 0 radical (unpaired) electrons. The molecule has 3 rings (SSSR count). The van der Waals surface area contributed by atoms with Gasteiger partial charge >= 0.3 is 6.09 Å². The fourth-order valence-electron chi connectivity index (χ4n) is 1.86. The number of nitrogens with zero attached hydrogens (tertiary/aromatic N) is 1. The molecule has 0 saturated carbocycles. The Labute approximate surface area is 139 Å². The van der Waals surface area contributed by atoms with Crippen LogP contribution >= 0.6 is 34.5 Å². The molecule has 0 aliphatic rings. The van der Waals surface area contributed by atoms with Crippen molar-refractivity contribution >= 4 is 56.5 Å². The number of amides is 1. The fourth-order valence-corrected chi connectivity index (χ4v) is 3.22. The molecule has 5 nitrogen and oxygen atoms in total. The number of rotatable bonds is 3. The first-order valence-corrected chi connectivity index (χ1v) is 7.62. The molecule has 112 valence electrons. The van der Waals surface area contributed by atoms with Crippen molar-refractivity contribution in [1.82, 2.24) is 4.98 Å². The van der Waals surface area contributed by atoms with Crippen LogP contribution in [-0.2, 0) is 0 Å². The van der Waals surface area contributed by atoms with Gasteiger partial charge in [0, 0.05) is 16.8 Å². The summed E-state index contributed by atoms with van der Waals surface area (Å²) in [5.74, 6) is 0.381. The van der Waals surface area contributed by atoms with E-state index in [2.05, 4.69) is 10.3 Å². The van der Waals surface area contributed by atoms with Crippen LogP contribution in [0.25, 0.3) is 10.2 Å². The lowest BCUT2D eigenvalue weighted by Crippen LogP contribution is -2.07. The number of benzene rings is 2. The average Bonchev–Trinajstić information content (AvgIpc) is 2.81. The molecule has 2 aromatic carbocycles. The molecule has 0 aliphatic heterocycles. The van der Waals surface area contributed by atoms with Crippen LogP contribution in [-0.4, -0.2) is 16.2 Å². The average molecular weight is 355 g/mol. The van der Waals surface area contributed by atoms with E-state index in [9.17, 15) is 4.79 Å². The Balaban J connectivity index is 1.92. The second kappa shape index (κ2) is 6.00. The summed E-state index contributed by atoms with van der Waals surface area (Å²) in [7, 11) is 0. The molecule has 1 heterocycles. The Kier molecular flexibility index (Phi) is 4.06. The van der Waals surface area contributed by atoms with Crippen molar-refractivity contribution in [2.75, 3.05) is 5.32 Å². The van der Waals surface area contributed by atoms with Gasteiger partial charge in [0.25, 0.3) is 5.19 Å². The highest BCUT2D eigenvalue weighted by atomic mass is 35.5. The quantitative estimate of drug-likeness (QED) is 0.652. The number of halogens is 2. The van der Waals surface area contributed by atoms with Crippen LogP contribution in [0.1, 0.15) is 0 Å². The SMILES string of the molecule is O=C(O)Nc1cc(Cl)cc(Oc2nc3c(Cl)cccc3s2)c1. The number of carbonyl (C=O) groups is 1. The van der Waals surface area contributed by atoms with Crippen LogP contribution in [0.15, 0.2) is 36.4 Å². The van der Waals surface area contributed by atoms with Gasteiger partial charge in [0.05, 0.1) is 9.72 Å². The van der Waals surface area contributed by atoms with E-state index < -0.39 is 6.09 Å². The number of hydrogen-bond donors (Lipinski definition) is 2. The normalized spacial score (nSPS) is 10.6. The van der Waals surface area contributed by atoms with Crippen molar-refractivity contribution in [3.05, 3.63) is 46.4 Å². The number of carboxylic acid groups (broad SMARTS) is 1. The van der Waals surface area contributed by atoms with Gasteiger partial charge in [-0.05, 0) is 24.3 Å². The minimum Gasteiger partial charge on any atom is -0.465 e. The van der Waals surface area contributed by atoms with E-state index in [0.717, 1.165) is 4.70 Å². The van der Waals surface area contributed by atoms with E-state index in [1.54, 1.807) is 12.1 Å². The van der Waals surface area contributed by atoms with Gasteiger partial charge in [0.1, 0.15) is 11.3 Å². The molecule has 0 unspecified atom stereocenters. The predicted octanol–water partition coefficient (Wildman–Crippen LogP) is 5.49. The Bertz CT molecular complexity index is 866. The molecule has 3 aromatic rings. The van der Waals surface area contributed by atoms with Gasteiger partial charge in [-0.1, -0.05) is 40.6 Å². The number of para-hydroxylation sites is 1. The molecule has 2 N–H and O–H groups in total. The van der Waals surface area contributed by atoms with Crippen molar-refractivity contribution < 1.29 is 14.6 Å². The number of anilines is 1. The van der Waals surface area contributed by atoms with Crippen molar-refractivity contribution in [3.8, 4) is 10.9 Å². The maximum absolute atomic E-state index is 10.7. The van der Waals surface area contributed by atoms with E-state index in [1.165, 1.54) is 23.5 Å². The first kappa shape index (κ1) is 14.9. The van der Waals surface area contributed by atoms with Gasteiger partial charge in [0.2, 0.25) is 0 Å². The summed E-state index contributed by atoms with van der Waals surface area (Å²) in [4.78, 5) is 15.0. The third-order valence-electron chi connectivity index (χ3n) is 2.68. The summed E-state index contributed by atoms with van der Waals surface area (Å²) in [6, 6.07) is 10.1. The third kappa shape index (κ3) is 3.24. The van der Waals surface area contributed by atoms with Crippen LogP contribution in [0.5, 0.6) is 10.9 Å². The largest absolute Gasteiger partial charge is 0.465 e. The van der Waals surface area contributed by atoms with E-state index in [4.69, 9.17) is 33.0 Å².